The lowest BCUT2D eigenvalue weighted by Gasteiger charge is -2.23. The number of rotatable bonds is 10. The zero-order valence-corrected chi connectivity index (χ0v) is 18.9. The molecule has 0 aliphatic heterocycles. The number of aliphatic imine (C=N–C) groups is 1. The highest BCUT2D eigenvalue weighted by atomic mass is 16.5. The minimum atomic E-state index is -0.117. The highest BCUT2D eigenvalue weighted by Gasteiger charge is 2.11. The fraction of sp³-hybridized carbons (Fsp3) is 0.391. The van der Waals surface area contributed by atoms with Crippen LogP contribution in [-0.2, 0) is 11.3 Å². The molecule has 8 heteroatoms. The molecule has 168 valence electrons. The number of amides is 1. The number of anilines is 1. The van der Waals surface area contributed by atoms with Crippen molar-refractivity contribution in [1.29, 1.82) is 0 Å². The number of nitrogens with zero attached hydrogens (tertiary/aromatic N) is 2. The molecule has 8 nitrogen and oxygen atoms in total. The highest BCUT2D eigenvalue weighted by molar-refractivity contribution is 5.88. The highest BCUT2D eigenvalue weighted by Crippen LogP contribution is 2.25. The number of nitrogens with one attached hydrogen (secondary N) is 2. The summed E-state index contributed by atoms with van der Waals surface area (Å²) in [5.41, 5.74) is 1.73. The molecule has 0 aliphatic carbocycles. The first-order chi connectivity index (χ1) is 15.0. The van der Waals surface area contributed by atoms with Crippen molar-refractivity contribution in [2.75, 3.05) is 46.3 Å². The van der Waals surface area contributed by atoms with Crippen molar-refractivity contribution in [3.63, 3.8) is 0 Å². The van der Waals surface area contributed by atoms with E-state index in [4.69, 9.17) is 14.2 Å². The van der Waals surface area contributed by atoms with Crippen LogP contribution in [0.3, 0.4) is 0 Å². The quantitative estimate of drug-likeness (QED) is 0.344. The van der Waals surface area contributed by atoms with Crippen LogP contribution in [0, 0.1) is 0 Å². The first kappa shape index (κ1) is 23.9. The Balaban J connectivity index is 1.97. The molecule has 1 amide bonds. The Morgan fingerprint density at radius 1 is 1.10 bits per heavy atom. The number of carbonyl (C=O) groups is 1. The van der Waals surface area contributed by atoms with Gasteiger partial charge in [0, 0.05) is 50.4 Å². The number of methoxy groups -OCH3 is 2. The molecule has 0 aromatic heterocycles. The first-order valence-electron chi connectivity index (χ1n) is 10.2. The van der Waals surface area contributed by atoms with Gasteiger partial charge in [-0.25, -0.2) is 4.99 Å². The summed E-state index contributed by atoms with van der Waals surface area (Å²) >= 11 is 0. The zero-order valence-electron chi connectivity index (χ0n) is 18.9. The lowest BCUT2D eigenvalue weighted by molar-refractivity contribution is -0.114. The largest absolute Gasteiger partial charge is 0.497 e. The van der Waals surface area contributed by atoms with Crippen molar-refractivity contribution in [2.24, 2.45) is 4.99 Å². The lowest BCUT2D eigenvalue weighted by Crippen LogP contribution is -2.38. The Bertz CT molecular complexity index is 886. The van der Waals surface area contributed by atoms with Gasteiger partial charge in [0.15, 0.2) is 5.96 Å². The first-order valence-corrected chi connectivity index (χ1v) is 10.2. The number of ether oxygens (including phenoxy) is 3. The third kappa shape index (κ3) is 7.73. The summed E-state index contributed by atoms with van der Waals surface area (Å²) in [6.45, 7) is 5.78. The average Bonchev–Trinajstić information content (AvgIpc) is 2.75. The van der Waals surface area contributed by atoms with E-state index in [1.807, 2.05) is 55.3 Å². The summed E-state index contributed by atoms with van der Waals surface area (Å²) in [7, 11) is 5.26. The molecule has 2 aromatic carbocycles. The van der Waals surface area contributed by atoms with Gasteiger partial charge in [0.2, 0.25) is 5.91 Å². The molecule has 0 fully saturated rings. The van der Waals surface area contributed by atoms with E-state index in [-0.39, 0.29) is 5.91 Å². The predicted molar refractivity (Wildman–Crippen MR) is 123 cm³/mol. The second-order valence-corrected chi connectivity index (χ2v) is 6.83. The van der Waals surface area contributed by atoms with Crippen LogP contribution in [0.4, 0.5) is 5.69 Å². The number of hydrogen-bond donors (Lipinski definition) is 2. The molecule has 0 heterocycles. The summed E-state index contributed by atoms with van der Waals surface area (Å²) in [5, 5.41) is 6.04. The van der Waals surface area contributed by atoms with Gasteiger partial charge in [-0.1, -0.05) is 6.07 Å². The molecule has 0 radical (unpaired) electrons. The van der Waals surface area contributed by atoms with Crippen molar-refractivity contribution in [3.05, 3.63) is 48.0 Å². The predicted octanol–water partition coefficient (Wildman–Crippen LogP) is 3.14. The SMILES string of the molecule is CCNC(=NCCOc1cccc(NC(C)=O)c1)N(C)Cc1ccc(OC)cc1OC. The lowest BCUT2D eigenvalue weighted by atomic mass is 10.2. The van der Waals surface area contributed by atoms with E-state index in [0.717, 1.165) is 29.6 Å². The van der Waals surface area contributed by atoms with E-state index in [2.05, 4.69) is 15.6 Å². The van der Waals surface area contributed by atoms with Gasteiger partial charge in [0.25, 0.3) is 0 Å². The van der Waals surface area contributed by atoms with Crippen LogP contribution in [0.2, 0.25) is 0 Å². The fourth-order valence-electron chi connectivity index (χ4n) is 2.96. The van der Waals surface area contributed by atoms with Crippen molar-refractivity contribution >= 4 is 17.6 Å². The van der Waals surface area contributed by atoms with Gasteiger partial charge in [0.05, 0.1) is 20.8 Å². The summed E-state index contributed by atoms with van der Waals surface area (Å²) in [6, 6.07) is 13.1. The third-order valence-electron chi connectivity index (χ3n) is 4.37. The second-order valence-electron chi connectivity index (χ2n) is 6.83. The van der Waals surface area contributed by atoms with Gasteiger partial charge in [0.1, 0.15) is 23.9 Å². The summed E-state index contributed by atoms with van der Waals surface area (Å²) in [5.74, 6) is 2.86. The van der Waals surface area contributed by atoms with Gasteiger partial charge >= 0.3 is 0 Å². The van der Waals surface area contributed by atoms with E-state index in [0.29, 0.717) is 31.1 Å². The van der Waals surface area contributed by atoms with Crippen LogP contribution in [-0.4, -0.2) is 57.7 Å². The standard InChI is InChI=1S/C23H32N4O4/c1-6-24-23(27(3)16-18-10-11-20(29-4)15-22(18)30-5)25-12-13-31-21-9-7-8-19(14-21)26-17(2)28/h7-11,14-15H,6,12-13,16H2,1-5H3,(H,24,25)(H,26,28). The molecule has 2 rings (SSSR count). The molecule has 0 saturated carbocycles. The molecule has 0 unspecified atom stereocenters. The molecular formula is C23H32N4O4. The van der Waals surface area contributed by atoms with E-state index < -0.39 is 0 Å². The fourth-order valence-corrected chi connectivity index (χ4v) is 2.96. The summed E-state index contributed by atoms with van der Waals surface area (Å²) < 4.78 is 16.5. The van der Waals surface area contributed by atoms with Crippen LogP contribution in [0.15, 0.2) is 47.5 Å². The van der Waals surface area contributed by atoms with Crippen molar-refractivity contribution in [1.82, 2.24) is 10.2 Å². The minimum Gasteiger partial charge on any atom is -0.497 e. The normalized spacial score (nSPS) is 10.9. The van der Waals surface area contributed by atoms with Gasteiger partial charge in [-0.15, -0.1) is 0 Å². The molecule has 0 bridgehead atoms. The van der Waals surface area contributed by atoms with Crippen LogP contribution >= 0.6 is 0 Å². The molecule has 0 atom stereocenters. The summed E-state index contributed by atoms with van der Waals surface area (Å²) in [4.78, 5) is 17.9. The third-order valence-corrected chi connectivity index (χ3v) is 4.37. The van der Waals surface area contributed by atoms with Crippen LogP contribution < -0.4 is 24.8 Å². The smallest absolute Gasteiger partial charge is 0.221 e. The van der Waals surface area contributed by atoms with E-state index in [1.165, 1.54) is 6.92 Å². The monoisotopic (exact) mass is 428 g/mol. The maximum atomic E-state index is 11.2. The Morgan fingerprint density at radius 2 is 1.90 bits per heavy atom. The average molecular weight is 429 g/mol. The van der Waals surface area contributed by atoms with Gasteiger partial charge in [-0.3, -0.25) is 4.79 Å². The Hall–Kier alpha value is -3.42. The van der Waals surface area contributed by atoms with E-state index >= 15 is 0 Å². The molecule has 2 N–H and O–H groups in total. The molecule has 0 aliphatic rings. The minimum absolute atomic E-state index is 0.117. The van der Waals surface area contributed by atoms with E-state index in [9.17, 15) is 4.79 Å². The number of guanidine groups is 1. The molecule has 2 aromatic rings. The Kier molecular flexibility index (Phi) is 9.48. The number of benzene rings is 2. The number of hydrogen-bond acceptors (Lipinski definition) is 5. The second kappa shape index (κ2) is 12.3. The molecule has 0 spiro atoms. The molecule has 0 saturated heterocycles. The van der Waals surface area contributed by atoms with Crippen molar-refractivity contribution < 1.29 is 19.0 Å². The molecule has 31 heavy (non-hydrogen) atoms. The van der Waals surface area contributed by atoms with E-state index in [1.54, 1.807) is 20.3 Å². The van der Waals surface area contributed by atoms with Gasteiger partial charge < -0.3 is 29.7 Å². The topological polar surface area (TPSA) is 84.4 Å². The van der Waals surface area contributed by atoms with Crippen LogP contribution in [0.5, 0.6) is 17.2 Å². The molecular weight excluding hydrogens is 396 g/mol. The maximum Gasteiger partial charge on any atom is 0.221 e. The summed E-state index contributed by atoms with van der Waals surface area (Å²) in [6.07, 6.45) is 0. The Labute approximate surface area is 184 Å². The zero-order chi connectivity index (χ0) is 22.6. The van der Waals surface area contributed by atoms with Gasteiger partial charge in [-0.05, 0) is 31.2 Å². The van der Waals surface area contributed by atoms with Crippen molar-refractivity contribution in [2.45, 2.75) is 20.4 Å². The van der Waals surface area contributed by atoms with Crippen molar-refractivity contribution in [3.8, 4) is 17.2 Å². The van der Waals surface area contributed by atoms with Crippen LogP contribution in [0.1, 0.15) is 19.4 Å². The van der Waals surface area contributed by atoms with Crippen LogP contribution in [0.25, 0.3) is 0 Å². The maximum absolute atomic E-state index is 11.2. The number of carbonyl (C=O) groups excluding carboxylic acids is 1. The Morgan fingerprint density at radius 3 is 2.58 bits per heavy atom. The van der Waals surface area contributed by atoms with Gasteiger partial charge in [-0.2, -0.15) is 0 Å².